The quantitative estimate of drug-likeness (QED) is 0.554. The van der Waals surface area contributed by atoms with E-state index in [0.717, 1.165) is 0 Å². The van der Waals surface area contributed by atoms with Gasteiger partial charge < -0.3 is 5.11 Å². The van der Waals surface area contributed by atoms with Gasteiger partial charge in [-0.1, -0.05) is 6.42 Å². The second-order valence-electron chi connectivity index (χ2n) is 2.15. The van der Waals surface area contributed by atoms with Crippen LogP contribution in [0.4, 0.5) is 8.78 Å². The van der Waals surface area contributed by atoms with Gasteiger partial charge in [-0.05, 0) is 28.8 Å². The number of alkyl halides is 3. The van der Waals surface area contributed by atoms with Gasteiger partial charge in [-0.15, -0.1) is 0 Å². The molecule has 0 spiro atoms. The Morgan fingerprint density at radius 3 is 2.20 bits per heavy atom. The second-order valence-corrected chi connectivity index (χ2v) is 3.31. The molecule has 0 atom stereocenters. The van der Waals surface area contributed by atoms with Gasteiger partial charge in [0.2, 0.25) is 0 Å². The van der Waals surface area contributed by atoms with E-state index in [9.17, 15) is 8.78 Å². The molecule has 0 aliphatic carbocycles. The van der Waals surface area contributed by atoms with Crippen molar-refractivity contribution < 1.29 is 13.9 Å². The van der Waals surface area contributed by atoms with Crippen LogP contribution in [0.5, 0.6) is 0 Å². The normalized spacial score (nSPS) is 12.0. The predicted octanol–water partition coefficient (Wildman–Crippen LogP) is 2.53. The molecular weight excluding hydrogens is 206 g/mol. The van der Waals surface area contributed by atoms with E-state index in [1.807, 2.05) is 0 Å². The molecule has 10 heavy (non-hydrogen) atoms. The smallest absolute Gasteiger partial charge is 0.301 e. The molecule has 62 valence electrons. The summed E-state index contributed by atoms with van der Waals surface area (Å²) in [6, 6.07) is 0. The Labute approximate surface area is 67.6 Å². The molecule has 0 radical (unpaired) electrons. The number of hydrogen-bond acceptors (Lipinski definition) is 1. The van der Waals surface area contributed by atoms with Crippen LogP contribution in [0, 0.1) is 0 Å². The Hall–Kier alpha value is 0.300. The van der Waals surface area contributed by atoms with Crippen molar-refractivity contribution in [2.45, 2.75) is 30.5 Å². The molecule has 0 unspecified atom stereocenters. The van der Waals surface area contributed by atoms with Gasteiger partial charge in [-0.25, -0.2) is 0 Å². The standard InChI is InChI=1S/C6H11BrF2O/c7-6(8,9)4-2-1-3-5-10/h10H,1-5H2. The van der Waals surface area contributed by atoms with Gasteiger partial charge in [0.15, 0.2) is 0 Å². The van der Waals surface area contributed by atoms with Crippen molar-refractivity contribution in [3.05, 3.63) is 0 Å². The lowest BCUT2D eigenvalue weighted by Gasteiger charge is -2.05. The molecule has 0 aromatic rings. The zero-order valence-corrected chi connectivity index (χ0v) is 7.20. The fraction of sp³-hybridized carbons (Fsp3) is 1.00. The Kier molecular flexibility index (Phi) is 5.17. The first kappa shape index (κ1) is 10.3. The topological polar surface area (TPSA) is 20.2 Å². The van der Waals surface area contributed by atoms with Gasteiger partial charge in [-0.2, -0.15) is 8.78 Å². The van der Waals surface area contributed by atoms with Crippen LogP contribution < -0.4 is 0 Å². The summed E-state index contributed by atoms with van der Waals surface area (Å²) in [6.07, 6.45) is 1.59. The molecule has 0 aromatic heterocycles. The first-order valence-electron chi connectivity index (χ1n) is 3.24. The maximum absolute atomic E-state index is 12.0. The Morgan fingerprint density at radius 1 is 1.20 bits per heavy atom. The van der Waals surface area contributed by atoms with E-state index in [0.29, 0.717) is 19.3 Å². The first-order valence-corrected chi connectivity index (χ1v) is 4.03. The van der Waals surface area contributed by atoms with E-state index in [4.69, 9.17) is 5.11 Å². The number of rotatable bonds is 5. The highest BCUT2D eigenvalue weighted by atomic mass is 79.9. The zero-order chi connectivity index (χ0) is 8.04. The van der Waals surface area contributed by atoms with Crippen molar-refractivity contribution in [1.82, 2.24) is 0 Å². The molecule has 0 saturated carbocycles. The van der Waals surface area contributed by atoms with Gasteiger partial charge in [-0.3, -0.25) is 0 Å². The molecule has 0 saturated heterocycles. The highest BCUT2D eigenvalue weighted by Gasteiger charge is 2.22. The van der Waals surface area contributed by atoms with E-state index in [-0.39, 0.29) is 13.0 Å². The van der Waals surface area contributed by atoms with Gasteiger partial charge in [0.05, 0.1) is 0 Å². The van der Waals surface area contributed by atoms with Crippen LogP contribution in [0.25, 0.3) is 0 Å². The summed E-state index contributed by atoms with van der Waals surface area (Å²) in [5, 5.41) is 8.30. The molecule has 0 rings (SSSR count). The van der Waals surface area contributed by atoms with E-state index in [2.05, 4.69) is 15.9 Å². The average molecular weight is 217 g/mol. The largest absolute Gasteiger partial charge is 0.396 e. The van der Waals surface area contributed by atoms with Crippen molar-refractivity contribution in [2.24, 2.45) is 0 Å². The summed E-state index contributed by atoms with van der Waals surface area (Å²) in [4.78, 5) is -2.72. The molecule has 4 heteroatoms. The molecular formula is C6H11BrF2O. The summed E-state index contributed by atoms with van der Waals surface area (Å²) in [5.41, 5.74) is 0. The Morgan fingerprint density at radius 2 is 1.80 bits per heavy atom. The lowest BCUT2D eigenvalue weighted by molar-refractivity contribution is 0.100. The Balaban J connectivity index is 3.04. The van der Waals surface area contributed by atoms with E-state index >= 15 is 0 Å². The van der Waals surface area contributed by atoms with Crippen molar-refractivity contribution in [3.8, 4) is 0 Å². The molecule has 0 fully saturated rings. The molecule has 0 aromatic carbocycles. The van der Waals surface area contributed by atoms with Crippen LogP contribution in [0.3, 0.4) is 0 Å². The summed E-state index contributed by atoms with van der Waals surface area (Å²) in [6.45, 7) is 0.0911. The van der Waals surface area contributed by atoms with Crippen molar-refractivity contribution >= 4 is 15.9 Å². The minimum absolute atomic E-state index is 0.0911. The number of unbranched alkanes of at least 4 members (excludes halogenated alkanes) is 2. The molecule has 0 aliphatic rings. The SMILES string of the molecule is OCCCCCC(F)(F)Br. The van der Waals surface area contributed by atoms with E-state index < -0.39 is 4.83 Å². The minimum atomic E-state index is -2.72. The van der Waals surface area contributed by atoms with Crippen LogP contribution in [-0.2, 0) is 0 Å². The van der Waals surface area contributed by atoms with Gasteiger partial charge in [0.1, 0.15) is 0 Å². The van der Waals surface area contributed by atoms with Crippen molar-refractivity contribution in [3.63, 3.8) is 0 Å². The summed E-state index contributed by atoms with van der Waals surface area (Å²) < 4.78 is 24.0. The summed E-state index contributed by atoms with van der Waals surface area (Å²) in [5.74, 6) is 0. The summed E-state index contributed by atoms with van der Waals surface area (Å²) >= 11 is 2.23. The maximum atomic E-state index is 12.0. The number of aliphatic hydroxyl groups is 1. The van der Waals surface area contributed by atoms with Crippen LogP contribution >= 0.6 is 15.9 Å². The van der Waals surface area contributed by atoms with Crippen molar-refractivity contribution in [1.29, 1.82) is 0 Å². The monoisotopic (exact) mass is 216 g/mol. The van der Waals surface area contributed by atoms with Crippen LogP contribution in [0.2, 0.25) is 0 Å². The van der Waals surface area contributed by atoms with E-state index in [1.54, 1.807) is 0 Å². The van der Waals surface area contributed by atoms with Gasteiger partial charge in [0.25, 0.3) is 0 Å². The highest BCUT2D eigenvalue weighted by Crippen LogP contribution is 2.27. The lowest BCUT2D eigenvalue weighted by atomic mass is 10.2. The van der Waals surface area contributed by atoms with Crippen LogP contribution in [0.15, 0.2) is 0 Å². The van der Waals surface area contributed by atoms with E-state index in [1.165, 1.54) is 0 Å². The third-order valence-electron chi connectivity index (χ3n) is 1.12. The number of hydrogen-bond donors (Lipinski definition) is 1. The molecule has 1 N–H and O–H groups in total. The highest BCUT2D eigenvalue weighted by molar-refractivity contribution is 9.09. The molecule has 1 nitrogen and oxygen atoms in total. The van der Waals surface area contributed by atoms with Crippen LogP contribution in [-0.4, -0.2) is 16.5 Å². The third kappa shape index (κ3) is 8.30. The van der Waals surface area contributed by atoms with Crippen LogP contribution in [0.1, 0.15) is 25.7 Å². The third-order valence-corrected chi connectivity index (χ3v) is 1.51. The number of halogens is 3. The fourth-order valence-corrected chi connectivity index (χ4v) is 0.894. The minimum Gasteiger partial charge on any atom is -0.396 e. The second kappa shape index (κ2) is 5.02. The predicted molar refractivity (Wildman–Crippen MR) is 39.4 cm³/mol. The number of aliphatic hydroxyl groups excluding tert-OH is 1. The lowest BCUT2D eigenvalue weighted by Crippen LogP contribution is -2.03. The zero-order valence-electron chi connectivity index (χ0n) is 5.62. The van der Waals surface area contributed by atoms with Gasteiger partial charge in [0, 0.05) is 13.0 Å². The van der Waals surface area contributed by atoms with Crippen molar-refractivity contribution in [2.75, 3.05) is 6.61 Å². The summed E-state index contributed by atoms with van der Waals surface area (Å²) in [7, 11) is 0. The molecule has 0 bridgehead atoms. The average Bonchev–Trinajstić information content (AvgIpc) is 1.78. The maximum Gasteiger partial charge on any atom is 0.301 e. The molecule has 0 aliphatic heterocycles. The van der Waals surface area contributed by atoms with Gasteiger partial charge >= 0.3 is 4.83 Å². The fourth-order valence-electron chi connectivity index (χ4n) is 0.614. The molecule has 0 heterocycles. The first-order chi connectivity index (χ1) is 4.56. The molecule has 0 amide bonds. The Bertz CT molecular complexity index is 82.3.